The Balaban J connectivity index is 1.73. The SMILES string of the molecule is CC(Nc1nc(N)ncc1-c1ccc(O)cc1)c1cc2cccc(Cl)c2c(=O)[nH]1. The Hall–Kier alpha value is -3.58. The number of aromatic amines is 1. The molecule has 4 aromatic rings. The van der Waals surface area contributed by atoms with Crippen LogP contribution in [0.15, 0.2) is 59.5 Å². The molecule has 2 aromatic carbocycles. The van der Waals surface area contributed by atoms with Gasteiger partial charge in [-0.15, -0.1) is 0 Å². The Morgan fingerprint density at radius 1 is 1.21 bits per heavy atom. The zero-order valence-electron chi connectivity index (χ0n) is 15.5. The lowest BCUT2D eigenvalue weighted by molar-refractivity contribution is 0.475. The minimum atomic E-state index is -0.281. The van der Waals surface area contributed by atoms with E-state index in [0.717, 1.165) is 16.5 Å². The highest BCUT2D eigenvalue weighted by Crippen LogP contribution is 2.30. The third kappa shape index (κ3) is 3.72. The van der Waals surface area contributed by atoms with Crippen LogP contribution in [-0.4, -0.2) is 20.1 Å². The summed E-state index contributed by atoms with van der Waals surface area (Å²) in [6.45, 7) is 1.90. The number of H-pyrrole nitrogens is 1. The molecule has 29 heavy (non-hydrogen) atoms. The number of nitrogen functional groups attached to an aromatic ring is 1. The number of nitrogens with one attached hydrogen (secondary N) is 2. The second kappa shape index (κ2) is 7.44. The summed E-state index contributed by atoms with van der Waals surface area (Å²) in [5, 5.41) is 14.4. The normalized spacial score (nSPS) is 12.1. The van der Waals surface area contributed by atoms with Crippen molar-refractivity contribution >= 4 is 34.1 Å². The first-order valence-electron chi connectivity index (χ1n) is 8.92. The first-order valence-corrected chi connectivity index (χ1v) is 9.30. The summed E-state index contributed by atoms with van der Waals surface area (Å²) < 4.78 is 0. The number of rotatable bonds is 4. The molecule has 0 amide bonds. The molecule has 146 valence electrons. The minimum absolute atomic E-state index is 0.126. The molecule has 4 rings (SSSR count). The van der Waals surface area contributed by atoms with Gasteiger partial charge in [0.2, 0.25) is 5.95 Å². The summed E-state index contributed by atoms with van der Waals surface area (Å²) >= 11 is 6.16. The summed E-state index contributed by atoms with van der Waals surface area (Å²) in [6.07, 6.45) is 1.62. The molecule has 0 fully saturated rings. The van der Waals surface area contributed by atoms with E-state index in [1.54, 1.807) is 42.6 Å². The zero-order chi connectivity index (χ0) is 20.5. The van der Waals surface area contributed by atoms with Gasteiger partial charge in [-0.1, -0.05) is 35.9 Å². The van der Waals surface area contributed by atoms with Crippen LogP contribution in [0, 0.1) is 0 Å². The number of hydrogen-bond acceptors (Lipinski definition) is 6. The van der Waals surface area contributed by atoms with Crippen LogP contribution >= 0.6 is 11.6 Å². The number of aromatic hydroxyl groups is 1. The van der Waals surface area contributed by atoms with E-state index in [1.165, 1.54) is 0 Å². The fraction of sp³-hybridized carbons (Fsp3) is 0.0952. The number of nitrogens with zero attached hydrogens (tertiary/aromatic N) is 2. The van der Waals surface area contributed by atoms with E-state index in [-0.39, 0.29) is 23.3 Å². The van der Waals surface area contributed by atoms with Crippen molar-refractivity contribution < 1.29 is 5.11 Å². The summed E-state index contributed by atoms with van der Waals surface area (Å²) in [5.41, 5.74) is 7.75. The predicted octanol–water partition coefficient (Wildman–Crippen LogP) is 4.10. The lowest BCUT2D eigenvalue weighted by Crippen LogP contribution is -2.17. The molecule has 0 bridgehead atoms. The van der Waals surface area contributed by atoms with Gasteiger partial charge in [-0.3, -0.25) is 4.79 Å². The fourth-order valence-corrected chi connectivity index (χ4v) is 3.44. The van der Waals surface area contributed by atoms with Crippen LogP contribution < -0.4 is 16.6 Å². The summed E-state index contributed by atoms with van der Waals surface area (Å²) in [4.78, 5) is 23.8. The molecule has 0 saturated heterocycles. The standard InChI is InChI=1S/C21H18ClN5O2/c1-11(17-9-13-3-2-4-16(22)18(13)20(29)26-17)25-19-15(10-24-21(23)27-19)12-5-7-14(28)8-6-12/h2-11,28H,1H3,(H,26,29)(H3,23,24,25,27). The van der Waals surface area contributed by atoms with Crippen molar-refractivity contribution in [2.45, 2.75) is 13.0 Å². The van der Waals surface area contributed by atoms with Gasteiger partial charge < -0.3 is 21.1 Å². The van der Waals surface area contributed by atoms with E-state index in [0.29, 0.717) is 21.9 Å². The smallest absolute Gasteiger partial charge is 0.257 e. The summed E-state index contributed by atoms with van der Waals surface area (Å²) in [6, 6.07) is 13.6. The Labute approximate surface area is 171 Å². The van der Waals surface area contributed by atoms with E-state index in [4.69, 9.17) is 17.3 Å². The second-order valence-electron chi connectivity index (χ2n) is 6.66. The van der Waals surface area contributed by atoms with Gasteiger partial charge >= 0.3 is 0 Å². The van der Waals surface area contributed by atoms with Gasteiger partial charge in [0.25, 0.3) is 5.56 Å². The van der Waals surface area contributed by atoms with Crippen molar-refractivity contribution in [3.8, 4) is 16.9 Å². The summed E-state index contributed by atoms with van der Waals surface area (Å²) in [7, 11) is 0. The van der Waals surface area contributed by atoms with Gasteiger partial charge in [-0.2, -0.15) is 4.98 Å². The number of hydrogen-bond donors (Lipinski definition) is 4. The van der Waals surface area contributed by atoms with E-state index < -0.39 is 0 Å². The van der Waals surface area contributed by atoms with Gasteiger partial charge in [0.15, 0.2) is 0 Å². The molecule has 5 N–H and O–H groups in total. The van der Waals surface area contributed by atoms with Crippen molar-refractivity contribution in [3.05, 3.63) is 75.8 Å². The van der Waals surface area contributed by atoms with Crippen molar-refractivity contribution in [1.29, 1.82) is 0 Å². The van der Waals surface area contributed by atoms with Crippen LogP contribution in [0.3, 0.4) is 0 Å². The quantitative estimate of drug-likeness (QED) is 0.404. The highest BCUT2D eigenvalue weighted by atomic mass is 35.5. The number of halogens is 1. The lowest BCUT2D eigenvalue weighted by atomic mass is 10.1. The number of pyridine rings is 1. The maximum atomic E-state index is 12.5. The van der Waals surface area contributed by atoms with E-state index in [9.17, 15) is 9.90 Å². The molecule has 0 radical (unpaired) electrons. The molecule has 1 atom stereocenters. The molecular formula is C21H18ClN5O2. The largest absolute Gasteiger partial charge is 0.508 e. The third-order valence-corrected chi connectivity index (χ3v) is 4.96. The van der Waals surface area contributed by atoms with Crippen molar-refractivity contribution in [2.24, 2.45) is 0 Å². The van der Waals surface area contributed by atoms with Crippen LogP contribution in [0.25, 0.3) is 21.9 Å². The molecule has 2 aromatic heterocycles. The number of nitrogens with two attached hydrogens (primary N) is 1. The van der Waals surface area contributed by atoms with Gasteiger partial charge in [0, 0.05) is 17.5 Å². The van der Waals surface area contributed by atoms with Gasteiger partial charge in [0.1, 0.15) is 11.6 Å². The molecule has 8 heteroatoms. The van der Waals surface area contributed by atoms with Crippen LogP contribution in [0.1, 0.15) is 18.7 Å². The molecule has 1 unspecified atom stereocenters. The Kier molecular flexibility index (Phi) is 4.82. The Bertz CT molecular complexity index is 1250. The lowest BCUT2D eigenvalue weighted by Gasteiger charge is -2.18. The molecular weight excluding hydrogens is 390 g/mol. The Morgan fingerprint density at radius 2 is 1.97 bits per heavy atom. The molecule has 0 saturated carbocycles. The molecule has 0 spiro atoms. The predicted molar refractivity (Wildman–Crippen MR) is 115 cm³/mol. The molecule has 0 aliphatic heterocycles. The minimum Gasteiger partial charge on any atom is -0.508 e. The average Bonchev–Trinajstić information content (AvgIpc) is 2.69. The molecule has 0 aliphatic carbocycles. The number of anilines is 2. The topological polar surface area (TPSA) is 117 Å². The first kappa shape index (κ1) is 18.8. The maximum Gasteiger partial charge on any atom is 0.257 e. The number of phenols is 1. The molecule has 7 nitrogen and oxygen atoms in total. The van der Waals surface area contributed by atoms with Crippen LogP contribution in [-0.2, 0) is 0 Å². The van der Waals surface area contributed by atoms with E-state index in [1.807, 2.05) is 19.1 Å². The Morgan fingerprint density at radius 3 is 2.72 bits per heavy atom. The third-order valence-electron chi connectivity index (χ3n) is 4.65. The van der Waals surface area contributed by atoms with Crippen molar-refractivity contribution in [1.82, 2.24) is 15.0 Å². The van der Waals surface area contributed by atoms with Gasteiger partial charge in [0.05, 0.1) is 16.5 Å². The van der Waals surface area contributed by atoms with Gasteiger partial charge in [-0.05, 0) is 42.1 Å². The second-order valence-corrected chi connectivity index (χ2v) is 7.07. The molecule has 0 aliphatic rings. The fourth-order valence-electron chi connectivity index (χ4n) is 3.17. The van der Waals surface area contributed by atoms with Crippen LogP contribution in [0.5, 0.6) is 5.75 Å². The van der Waals surface area contributed by atoms with E-state index >= 15 is 0 Å². The maximum absolute atomic E-state index is 12.5. The van der Waals surface area contributed by atoms with Gasteiger partial charge in [-0.25, -0.2) is 4.98 Å². The highest BCUT2D eigenvalue weighted by molar-refractivity contribution is 6.35. The monoisotopic (exact) mass is 407 g/mol. The number of phenolic OH excluding ortho intramolecular Hbond substituents is 1. The first-order chi connectivity index (χ1) is 13.9. The van der Waals surface area contributed by atoms with Crippen LogP contribution in [0.2, 0.25) is 5.02 Å². The van der Waals surface area contributed by atoms with Crippen molar-refractivity contribution in [2.75, 3.05) is 11.1 Å². The summed E-state index contributed by atoms with van der Waals surface area (Å²) in [5.74, 6) is 0.809. The highest BCUT2D eigenvalue weighted by Gasteiger charge is 2.15. The zero-order valence-corrected chi connectivity index (χ0v) is 16.2. The van der Waals surface area contributed by atoms with Crippen LogP contribution in [0.4, 0.5) is 11.8 Å². The number of fused-ring (bicyclic) bond motifs is 1. The van der Waals surface area contributed by atoms with Crippen molar-refractivity contribution in [3.63, 3.8) is 0 Å². The molecule has 2 heterocycles. The average molecular weight is 408 g/mol. The number of benzene rings is 2. The number of aromatic nitrogens is 3. The van der Waals surface area contributed by atoms with E-state index in [2.05, 4.69) is 20.3 Å².